The average molecular weight is 244 g/mol. The number of rotatable bonds is 4. The van der Waals surface area contributed by atoms with Gasteiger partial charge in [-0.25, -0.2) is 0 Å². The van der Waals surface area contributed by atoms with Gasteiger partial charge in [-0.3, -0.25) is 0 Å². The molecule has 1 aromatic carbocycles. The minimum absolute atomic E-state index is 0.143. The van der Waals surface area contributed by atoms with Crippen molar-refractivity contribution in [3.8, 4) is 11.8 Å². The number of aryl methyl sites for hydroxylation is 1. The third kappa shape index (κ3) is 2.49. The lowest BCUT2D eigenvalue weighted by molar-refractivity contribution is 0.200. The molecule has 3 heteroatoms. The van der Waals surface area contributed by atoms with Crippen LogP contribution in [0.2, 0.25) is 0 Å². The summed E-state index contributed by atoms with van der Waals surface area (Å²) in [5, 5.41) is 12.4. The maximum absolute atomic E-state index is 9.23. The van der Waals surface area contributed by atoms with Crippen LogP contribution in [0.25, 0.3) is 0 Å². The average Bonchev–Trinajstić information content (AvgIpc) is 2.83. The third-order valence-corrected chi connectivity index (χ3v) is 3.81. The van der Waals surface area contributed by atoms with Crippen LogP contribution in [0.1, 0.15) is 31.7 Å². The zero-order valence-corrected chi connectivity index (χ0v) is 11.1. The highest BCUT2D eigenvalue weighted by Gasteiger charge is 2.39. The smallest absolute Gasteiger partial charge is 0.122 e. The number of nitrogens with zero attached hydrogens (tertiary/aromatic N) is 1. The van der Waals surface area contributed by atoms with Gasteiger partial charge in [-0.05, 0) is 37.9 Å². The first-order valence-electron chi connectivity index (χ1n) is 6.58. The van der Waals surface area contributed by atoms with E-state index in [4.69, 9.17) is 4.74 Å². The highest BCUT2D eigenvalue weighted by molar-refractivity contribution is 5.33. The minimum atomic E-state index is -0.397. The molecule has 1 aliphatic rings. The minimum Gasteiger partial charge on any atom is -0.490 e. The third-order valence-electron chi connectivity index (χ3n) is 3.81. The fraction of sp³-hybridized carbons (Fsp3) is 0.533. The van der Waals surface area contributed by atoms with E-state index in [9.17, 15) is 5.26 Å². The van der Waals surface area contributed by atoms with Crippen LogP contribution in [0.15, 0.2) is 24.3 Å². The Labute approximate surface area is 109 Å². The van der Waals surface area contributed by atoms with Crippen molar-refractivity contribution in [3.63, 3.8) is 0 Å². The van der Waals surface area contributed by atoms with Crippen LogP contribution in [0.3, 0.4) is 0 Å². The number of benzene rings is 1. The molecule has 3 nitrogen and oxygen atoms in total. The van der Waals surface area contributed by atoms with Crippen molar-refractivity contribution >= 4 is 0 Å². The molecule has 0 bridgehead atoms. The second-order valence-corrected chi connectivity index (χ2v) is 4.89. The Kier molecular flexibility index (Phi) is 3.88. The first-order chi connectivity index (χ1) is 8.73. The molecule has 0 aliphatic heterocycles. The topological polar surface area (TPSA) is 45.0 Å². The second kappa shape index (κ2) is 5.41. The Morgan fingerprint density at radius 2 is 2.28 bits per heavy atom. The van der Waals surface area contributed by atoms with E-state index in [1.165, 1.54) is 5.56 Å². The number of nitrogens with one attached hydrogen (secondary N) is 1. The van der Waals surface area contributed by atoms with Gasteiger partial charge in [0.05, 0.1) is 6.07 Å². The van der Waals surface area contributed by atoms with E-state index in [-0.39, 0.29) is 6.10 Å². The normalized spacial score (nSPS) is 26.8. The first kappa shape index (κ1) is 12.9. The fourth-order valence-corrected chi connectivity index (χ4v) is 2.58. The van der Waals surface area contributed by atoms with E-state index in [2.05, 4.69) is 24.4 Å². The Bertz CT molecular complexity index is 452. The van der Waals surface area contributed by atoms with Crippen LogP contribution in [0, 0.1) is 11.3 Å². The van der Waals surface area contributed by atoms with Gasteiger partial charge >= 0.3 is 0 Å². The van der Waals surface area contributed by atoms with E-state index in [1.807, 2.05) is 25.2 Å². The predicted molar refractivity (Wildman–Crippen MR) is 71.5 cm³/mol. The van der Waals surface area contributed by atoms with E-state index < -0.39 is 5.54 Å². The van der Waals surface area contributed by atoms with E-state index in [1.54, 1.807) is 0 Å². The largest absolute Gasteiger partial charge is 0.490 e. The Morgan fingerprint density at radius 3 is 2.89 bits per heavy atom. The van der Waals surface area contributed by atoms with E-state index >= 15 is 0 Å². The molecule has 0 saturated heterocycles. The molecule has 1 fully saturated rings. The predicted octanol–water partition coefficient (Wildman–Crippen LogP) is 2.66. The summed E-state index contributed by atoms with van der Waals surface area (Å²) in [6, 6.07) is 10.5. The molecule has 1 N–H and O–H groups in total. The molecule has 1 saturated carbocycles. The quantitative estimate of drug-likeness (QED) is 0.885. The lowest BCUT2D eigenvalue weighted by Gasteiger charge is -2.20. The van der Waals surface area contributed by atoms with Crippen LogP contribution < -0.4 is 10.1 Å². The number of nitriles is 1. The highest BCUT2D eigenvalue weighted by atomic mass is 16.5. The summed E-state index contributed by atoms with van der Waals surface area (Å²) >= 11 is 0. The van der Waals surface area contributed by atoms with Crippen LogP contribution in [0.5, 0.6) is 5.75 Å². The van der Waals surface area contributed by atoms with Gasteiger partial charge in [-0.15, -0.1) is 0 Å². The monoisotopic (exact) mass is 244 g/mol. The molecule has 96 valence electrons. The summed E-state index contributed by atoms with van der Waals surface area (Å²) in [5.74, 6) is 0.967. The first-order valence-corrected chi connectivity index (χ1v) is 6.58. The summed E-state index contributed by atoms with van der Waals surface area (Å²) in [6.07, 6.45) is 3.67. The molecule has 1 aromatic rings. The summed E-state index contributed by atoms with van der Waals surface area (Å²) in [7, 11) is 1.85. The molecule has 0 amide bonds. The number of para-hydroxylation sites is 1. The Morgan fingerprint density at radius 1 is 1.50 bits per heavy atom. The summed E-state index contributed by atoms with van der Waals surface area (Å²) in [6.45, 7) is 2.13. The number of hydrogen-bond acceptors (Lipinski definition) is 3. The van der Waals surface area contributed by atoms with Crippen LogP contribution >= 0.6 is 0 Å². The SMILES string of the molecule is CCc1ccccc1OC1CCC(C#N)(NC)C1. The van der Waals surface area contributed by atoms with Crippen molar-refractivity contribution in [1.29, 1.82) is 5.26 Å². The van der Waals surface area contributed by atoms with Gasteiger partial charge in [0.15, 0.2) is 0 Å². The van der Waals surface area contributed by atoms with Gasteiger partial charge in [0.2, 0.25) is 0 Å². The van der Waals surface area contributed by atoms with Gasteiger partial charge in [0.25, 0.3) is 0 Å². The molecule has 2 atom stereocenters. The molecule has 2 unspecified atom stereocenters. The molecular formula is C15H20N2O. The van der Waals surface area contributed by atoms with Crippen molar-refractivity contribution in [2.45, 2.75) is 44.2 Å². The standard InChI is InChI=1S/C15H20N2O/c1-3-12-6-4-5-7-14(12)18-13-8-9-15(10-13,11-16)17-2/h4-7,13,17H,3,8-10H2,1-2H3. The van der Waals surface area contributed by atoms with E-state index in [0.717, 1.165) is 31.4 Å². The fourth-order valence-electron chi connectivity index (χ4n) is 2.58. The van der Waals surface area contributed by atoms with Crippen molar-refractivity contribution < 1.29 is 4.74 Å². The lowest BCUT2D eigenvalue weighted by atomic mass is 10.0. The van der Waals surface area contributed by atoms with Gasteiger partial charge in [0, 0.05) is 6.42 Å². The summed E-state index contributed by atoms with van der Waals surface area (Å²) in [4.78, 5) is 0. The summed E-state index contributed by atoms with van der Waals surface area (Å²) < 4.78 is 6.07. The van der Waals surface area contributed by atoms with Crippen molar-refractivity contribution in [1.82, 2.24) is 5.32 Å². The second-order valence-electron chi connectivity index (χ2n) is 4.89. The molecule has 0 radical (unpaired) electrons. The van der Waals surface area contributed by atoms with Crippen LogP contribution in [0.4, 0.5) is 0 Å². The molecule has 2 rings (SSSR count). The molecule has 0 spiro atoms. The Balaban J connectivity index is 2.06. The highest BCUT2D eigenvalue weighted by Crippen LogP contribution is 2.33. The maximum Gasteiger partial charge on any atom is 0.122 e. The van der Waals surface area contributed by atoms with E-state index in [0.29, 0.717) is 0 Å². The number of hydrogen-bond donors (Lipinski definition) is 1. The van der Waals surface area contributed by atoms with Crippen LogP contribution in [-0.2, 0) is 6.42 Å². The van der Waals surface area contributed by atoms with Gasteiger partial charge in [0.1, 0.15) is 17.4 Å². The lowest BCUT2D eigenvalue weighted by Crippen LogP contribution is -2.39. The molecule has 0 aromatic heterocycles. The van der Waals surface area contributed by atoms with Gasteiger partial charge in [-0.2, -0.15) is 5.26 Å². The van der Waals surface area contributed by atoms with Crippen molar-refractivity contribution in [2.24, 2.45) is 0 Å². The van der Waals surface area contributed by atoms with Gasteiger partial charge in [-0.1, -0.05) is 25.1 Å². The molecule has 18 heavy (non-hydrogen) atoms. The molecule has 1 aliphatic carbocycles. The maximum atomic E-state index is 9.23. The number of ether oxygens (including phenoxy) is 1. The van der Waals surface area contributed by atoms with Crippen molar-refractivity contribution in [2.75, 3.05) is 7.05 Å². The molecule has 0 heterocycles. The molecular weight excluding hydrogens is 224 g/mol. The van der Waals surface area contributed by atoms with Crippen LogP contribution in [-0.4, -0.2) is 18.7 Å². The van der Waals surface area contributed by atoms with Gasteiger partial charge < -0.3 is 10.1 Å². The van der Waals surface area contributed by atoms with Crippen molar-refractivity contribution in [3.05, 3.63) is 29.8 Å². The zero-order valence-electron chi connectivity index (χ0n) is 11.1. The summed E-state index contributed by atoms with van der Waals surface area (Å²) in [5.41, 5.74) is 0.836. The zero-order chi connectivity index (χ0) is 13.0. The Hall–Kier alpha value is -1.53.